The Morgan fingerprint density at radius 3 is 2.19 bits per heavy atom. The lowest BCUT2D eigenvalue weighted by atomic mass is 10.0. The Hall–Kier alpha value is -1.64. The minimum absolute atomic E-state index is 0.914. The third-order valence-corrected chi connectivity index (χ3v) is 3.73. The summed E-state index contributed by atoms with van der Waals surface area (Å²) in [4.78, 5) is 2.21. The molecule has 0 unspecified atom stereocenters. The largest absolute Gasteiger partial charge is 0.309 e. The number of aryl methyl sites for hydroxylation is 2. The molecular weight excluding hydrogens is 256 g/mol. The predicted molar refractivity (Wildman–Crippen MR) is 90.3 cm³/mol. The number of hydrogen-bond acceptors (Lipinski definition) is 2. The van der Waals surface area contributed by atoms with E-state index in [1.54, 1.807) is 0 Å². The van der Waals surface area contributed by atoms with Crippen molar-refractivity contribution in [3.63, 3.8) is 0 Å². The van der Waals surface area contributed by atoms with Crippen LogP contribution in [0.25, 0.3) is 0 Å². The van der Waals surface area contributed by atoms with Gasteiger partial charge in [-0.1, -0.05) is 48.0 Å². The molecule has 0 amide bonds. The van der Waals surface area contributed by atoms with Gasteiger partial charge in [0.2, 0.25) is 0 Å². The van der Waals surface area contributed by atoms with E-state index in [2.05, 4.69) is 80.6 Å². The van der Waals surface area contributed by atoms with E-state index in [1.165, 1.54) is 27.8 Å². The van der Waals surface area contributed by atoms with Crippen molar-refractivity contribution in [1.29, 1.82) is 0 Å². The smallest absolute Gasteiger partial charge is 0.0230 e. The molecule has 112 valence electrons. The lowest BCUT2D eigenvalue weighted by molar-refractivity contribution is 0.400. The van der Waals surface area contributed by atoms with Gasteiger partial charge in [0.1, 0.15) is 0 Å². The summed E-state index contributed by atoms with van der Waals surface area (Å²) in [6, 6.07) is 15.3. The Bertz CT molecular complexity index is 588. The first kappa shape index (κ1) is 15.7. The van der Waals surface area contributed by atoms with E-state index in [4.69, 9.17) is 0 Å². The molecule has 0 aliphatic heterocycles. The molecule has 1 N–H and O–H groups in total. The lowest BCUT2D eigenvalue weighted by Crippen LogP contribution is -2.17. The van der Waals surface area contributed by atoms with Gasteiger partial charge in [-0.3, -0.25) is 0 Å². The first-order valence-electron chi connectivity index (χ1n) is 7.54. The standard InChI is InChI=1S/C19H26N2/c1-15-9-10-17(16(2)11-15)12-20-13-18-7-5-6-8-19(18)14-21(3)4/h5-11,20H,12-14H2,1-4H3. The van der Waals surface area contributed by atoms with Crippen molar-refractivity contribution in [2.45, 2.75) is 33.5 Å². The Kier molecular flexibility index (Phi) is 5.54. The highest BCUT2D eigenvalue weighted by Crippen LogP contribution is 2.13. The van der Waals surface area contributed by atoms with E-state index in [9.17, 15) is 0 Å². The normalized spacial score (nSPS) is 11.1. The molecule has 0 aliphatic carbocycles. The molecule has 0 bridgehead atoms. The van der Waals surface area contributed by atoms with Gasteiger partial charge in [-0.15, -0.1) is 0 Å². The van der Waals surface area contributed by atoms with Gasteiger partial charge in [0.15, 0.2) is 0 Å². The summed E-state index contributed by atoms with van der Waals surface area (Å²) in [5.74, 6) is 0. The summed E-state index contributed by atoms with van der Waals surface area (Å²) in [7, 11) is 4.22. The third kappa shape index (κ3) is 4.69. The SMILES string of the molecule is Cc1ccc(CNCc2ccccc2CN(C)C)c(C)c1. The molecule has 0 radical (unpaired) electrons. The van der Waals surface area contributed by atoms with E-state index in [0.29, 0.717) is 0 Å². The van der Waals surface area contributed by atoms with Crippen LogP contribution in [-0.2, 0) is 19.6 Å². The zero-order chi connectivity index (χ0) is 15.2. The Morgan fingerprint density at radius 1 is 0.857 bits per heavy atom. The second kappa shape index (κ2) is 7.39. The topological polar surface area (TPSA) is 15.3 Å². The fraction of sp³-hybridized carbons (Fsp3) is 0.368. The van der Waals surface area contributed by atoms with Crippen LogP contribution in [-0.4, -0.2) is 19.0 Å². The molecule has 0 saturated heterocycles. The summed E-state index contributed by atoms with van der Waals surface area (Å²) in [5.41, 5.74) is 6.86. The van der Waals surface area contributed by atoms with Crippen molar-refractivity contribution in [2.75, 3.05) is 14.1 Å². The summed E-state index contributed by atoms with van der Waals surface area (Å²) in [6.45, 7) is 7.15. The molecule has 0 aromatic heterocycles. The van der Waals surface area contributed by atoms with Crippen LogP contribution >= 0.6 is 0 Å². The number of rotatable bonds is 6. The number of nitrogens with one attached hydrogen (secondary N) is 1. The molecule has 0 aliphatic rings. The van der Waals surface area contributed by atoms with Crippen LogP contribution in [0, 0.1) is 13.8 Å². The van der Waals surface area contributed by atoms with Gasteiger partial charge >= 0.3 is 0 Å². The van der Waals surface area contributed by atoms with Gasteiger partial charge in [-0.2, -0.15) is 0 Å². The minimum atomic E-state index is 0.914. The average molecular weight is 282 g/mol. The van der Waals surface area contributed by atoms with Crippen LogP contribution < -0.4 is 5.32 Å². The zero-order valence-corrected chi connectivity index (χ0v) is 13.6. The highest BCUT2D eigenvalue weighted by atomic mass is 15.0. The maximum absolute atomic E-state index is 3.57. The lowest BCUT2D eigenvalue weighted by Gasteiger charge is -2.15. The van der Waals surface area contributed by atoms with E-state index in [-0.39, 0.29) is 0 Å². The minimum Gasteiger partial charge on any atom is -0.309 e. The Labute approximate surface area is 128 Å². The Morgan fingerprint density at radius 2 is 1.52 bits per heavy atom. The van der Waals surface area contributed by atoms with Crippen molar-refractivity contribution in [3.8, 4) is 0 Å². The van der Waals surface area contributed by atoms with E-state index in [0.717, 1.165) is 19.6 Å². The molecule has 2 heteroatoms. The zero-order valence-electron chi connectivity index (χ0n) is 13.6. The van der Waals surface area contributed by atoms with Gasteiger partial charge in [0.25, 0.3) is 0 Å². The highest BCUT2D eigenvalue weighted by molar-refractivity contribution is 5.31. The third-order valence-electron chi connectivity index (χ3n) is 3.73. The predicted octanol–water partition coefficient (Wildman–Crippen LogP) is 3.65. The van der Waals surface area contributed by atoms with Crippen LogP contribution in [0.15, 0.2) is 42.5 Å². The van der Waals surface area contributed by atoms with Gasteiger partial charge < -0.3 is 10.2 Å². The van der Waals surface area contributed by atoms with Gasteiger partial charge in [0, 0.05) is 19.6 Å². The molecule has 0 fully saturated rings. The second-order valence-corrected chi connectivity index (χ2v) is 6.04. The number of benzene rings is 2. The molecule has 0 saturated carbocycles. The maximum Gasteiger partial charge on any atom is 0.0230 e. The fourth-order valence-corrected chi connectivity index (χ4v) is 2.60. The van der Waals surface area contributed by atoms with Crippen LogP contribution in [0.3, 0.4) is 0 Å². The van der Waals surface area contributed by atoms with Gasteiger partial charge in [0.05, 0.1) is 0 Å². The summed E-state index contributed by atoms with van der Waals surface area (Å²) < 4.78 is 0. The molecule has 0 atom stereocenters. The van der Waals surface area contributed by atoms with Crippen molar-refractivity contribution in [3.05, 3.63) is 70.3 Å². The molecule has 21 heavy (non-hydrogen) atoms. The monoisotopic (exact) mass is 282 g/mol. The van der Waals surface area contributed by atoms with E-state index >= 15 is 0 Å². The molecule has 0 heterocycles. The number of nitrogens with zero attached hydrogens (tertiary/aromatic N) is 1. The molecule has 2 aromatic rings. The van der Waals surface area contributed by atoms with E-state index < -0.39 is 0 Å². The first-order chi connectivity index (χ1) is 10.1. The van der Waals surface area contributed by atoms with Crippen LogP contribution in [0.2, 0.25) is 0 Å². The van der Waals surface area contributed by atoms with Crippen LogP contribution in [0.5, 0.6) is 0 Å². The van der Waals surface area contributed by atoms with Crippen LogP contribution in [0.4, 0.5) is 0 Å². The Balaban J connectivity index is 1.97. The van der Waals surface area contributed by atoms with Crippen LogP contribution in [0.1, 0.15) is 27.8 Å². The van der Waals surface area contributed by atoms with Crippen molar-refractivity contribution in [2.24, 2.45) is 0 Å². The molecule has 2 aromatic carbocycles. The maximum atomic E-state index is 3.57. The quantitative estimate of drug-likeness (QED) is 0.870. The summed E-state index contributed by atoms with van der Waals surface area (Å²) in [5, 5.41) is 3.57. The summed E-state index contributed by atoms with van der Waals surface area (Å²) >= 11 is 0. The molecule has 2 rings (SSSR count). The number of hydrogen-bond donors (Lipinski definition) is 1. The fourth-order valence-electron chi connectivity index (χ4n) is 2.60. The average Bonchev–Trinajstić information content (AvgIpc) is 2.42. The highest BCUT2D eigenvalue weighted by Gasteiger charge is 2.03. The first-order valence-corrected chi connectivity index (χ1v) is 7.54. The molecule has 2 nitrogen and oxygen atoms in total. The van der Waals surface area contributed by atoms with Gasteiger partial charge in [-0.25, -0.2) is 0 Å². The molecule has 0 spiro atoms. The van der Waals surface area contributed by atoms with Crippen molar-refractivity contribution >= 4 is 0 Å². The summed E-state index contributed by atoms with van der Waals surface area (Å²) in [6.07, 6.45) is 0. The second-order valence-electron chi connectivity index (χ2n) is 6.04. The molecular formula is C19H26N2. The van der Waals surface area contributed by atoms with Crippen molar-refractivity contribution in [1.82, 2.24) is 10.2 Å². The van der Waals surface area contributed by atoms with E-state index in [1.807, 2.05) is 0 Å². The van der Waals surface area contributed by atoms with Crippen molar-refractivity contribution < 1.29 is 0 Å². The van der Waals surface area contributed by atoms with Gasteiger partial charge in [-0.05, 0) is 50.2 Å².